The van der Waals surface area contributed by atoms with Crippen molar-refractivity contribution in [2.75, 3.05) is 33.4 Å². The van der Waals surface area contributed by atoms with Gasteiger partial charge in [0.1, 0.15) is 5.82 Å². The van der Waals surface area contributed by atoms with Crippen molar-refractivity contribution in [1.82, 2.24) is 18.8 Å². The van der Waals surface area contributed by atoms with Crippen LogP contribution in [-0.4, -0.2) is 72.5 Å². The van der Waals surface area contributed by atoms with Gasteiger partial charge >= 0.3 is 0 Å². The van der Waals surface area contributed by atoms with Crippen LogP contribution in [0.25, 0.3) is 11.0 Å². The molecule has 0 aliphatic heterocycles. The number of hydrogen-bond acceptors (Lipinski definition) is 5. The van der Waals surface area contributed by atoms with Gasteiger partial charge in [-0.1, -0.05) is 27.7 Å². The molecular weight excluding hydrogens is 428 g/mol. The normalized spacial score (nSPS) is 12.2. The molecule has 1 aromatic heterocycles. The van der Waals surface area contributed by atoms with Gasteiger partial charge in [-0.2, -0.15) is 4.31 Å². The first-order valence-electron chi connectivity index (χ1n) is 11.5. The molecule has 9 heteroatoms. The Labute approximate surface area is 192 Å². The van der Waals surface area contributed by atoms with E-state index in [1.807, 2.05) is 30.4 Å². The summed E-state index contributed by atoms with van der Waals surface area (Å²) >= 11 is 0. The quantitative estimate of drug-likeness (QED) is 0.453. The van der Waals surface area contributed by atoms with Gasteiger partial charge in [0.25, 0.3) is 0 Å². The molecule has 32 heavy (non-hydrogen) atoms. The number of carbonyl (C=O) groups excluding carboxylic acids is 1. The second-order valence-electron chi connectivity index (χ2n) is 7.88. The van der Waals surface area contributed by atoms with Gasteiger partial charge in [-0.05, 0) is 31.0 Å². The number of amides is 1. The van der Waals surface area contributed by atoms with E-state index in [2.05, 4.69) is 18.8 Å². The number of fused-ring (bicyclic) bond motifs is 1. The molecule has 1 heterocycles. The number of imidazole rings is 1. The Morgan fingerprint density at radius 1 is 1.16 bits per heavy atom. The molecule has 0 radical (unpaired) electrons. The first-order chi connectivity index (χ1) is 15.2. The summed E-state index contributed by atoms with van der Waals surface area (Å²) in [6.45, 7) is 9.77. The summed E-state index contributed by atoms with van der Waals surface area (Å²) in [5, 5.41) is 0. The van der Waals surface area contributed by atoms with E-state index < -0.39 is 10.0 Å². The van der Waals surface area contributed by atoms with E-state index in [1.54, 1.807) is 25.3 Å². The third-order valence-electron chi connectivity index (χ3n) is 6.09. The van der Waals surface area contributed by atoms with Gasteiger partial charge in [0.05, 0.1) is 22.5 Å². The number of ether oxygens (including phenoxy) is 1. The topological polar surface area (TPSA) is 84.7 Å². The van der Waals surface area contributed by atoms with Crippen LogP contribution in [0.15, 0.2) is 23.1 Å². The van der Waals surface area contributed by atoms with Gasteiger partial charge in [0.2, 0.25) is 15.9 Å². The highest BCUT2D eigenvalue weighted by Crippen LogP contribution is 2.23. The Balaban J connectivity index is 2.24. The molecule has 0 N–H and O–H groups in total. The maximum absolute atomic E-state index is 13.0. The van der Waals surface area contributed by atoms with Crippen molar-refractivity contribution in [1.29, 1.82) is 0 Å². The fourth-order valence-corrected chi connectivity index (χ4v) is 5.60. The maximum atomic E-state index is 13.0. The Bertz CT molecular complexity index is 995. The number of hydrogen-bond donors (Lipinski definition) is 0. The molecule has 2 rings (SSSR count). The van der Waals surface area contributed by atoms with Crippen molar-refractivity contribution >= 4 is 27.0 Å². The summed E-state index contributed by atoms with van der Waals surface area (Å²) < 4.78 is 34.3. The molecule has 0 unspecified atom stereocenters. The fourth-order valence-electron chi connectivity index (χ4n) is 4.12. The molecule has 0 aliphatic carbocycles. The summed E-state index contributed by atoms with van der Waals surface area (Å²) in [5.74, 6) is 0.856. The van der Waals surface area contributed by atoms with Crippen LogP contribution in [0.4, 0.5) is 0 Å². The number of carbonyl (C=O) groups is 1. The average molecular weight is 467 g/mol. The van der Waals surface area contributed by atoms with E-state index in [0.29, 0.717) is 44.6 Å². The van der Waals surface area contributed by atoms with Crippen LogP contribution in [0.5, 0.6) is 0 Å². The van der Waals surface area contributed by atoms with Crippen LogP contribution < -0.4 is 0 Å². The Morgan fingerprint density at radius 3 is 2.38 bits per heavy atom. The molecule has 0 spiro atoms. The molecule has 0 saturated heterocycles. The van der Waals surface area contributed by atoms with Crippen molar-refractivity contribution in [2.45, 2.75) is 64.3 Å². The molecule has 1 aromatic carbocycles. The van der Waals surface area contributed by atoms with Gasteiger partial charge in [0, 0.05) is 52.7 Å². The Kier molecular flexibility index (Phi) is 9.66. The van der Waals surface area contributed by atoms with Gasteiger partial charge < -0.3 is 14.2 Å². The lowest BCUT2D eigenvalue weighted by atomic mass is 10.1. The van der Waals surface area contributed by atoms with Gasteiger partial charge in [-0.15, -0.1) is 0 Å². The van der Waals surface area contributed by atoms with E-state index in [-0.39, 0.29) is 16.8 Å². The molecule has 1 amide bonds. The minimum absolute atomic E-state index is 0.0904. The van der Waals surface area contributed by atoms with Crippen LogP contribution in [0.3, 0.4) is 0 Å². The summed E-state index contributed by atoms with van der Waals surface area (Å²) in [5.41, 5.74) is 1.47. The maximum Gasteiger partial charge on any atom is 0.243 e. The minimum Gasteiger partial charge on any atom is -0.383 e. The number of methoxy groups -OCH3 is 1. The zero-order valence-electron chi connectivity index (χ0n) is 20.3. The zero-order valence-corrected chi connectivity index (χ0v) is 21.1. The Hall–Kier alpha value is -1.97. The van der Waals surface area contributed by atoms with E-state index in [4.69, 9.17) is 4.74 Å². The summed E-state index contributed by atoms with van der Waals surface area (Å²) in [4.78, 5) is 19.8. The van der Waals surface area contributed by atoms with Gasteiger partial charge in [-0.3, -0.25) is 4.79 Å². The molecule has 0 atom stereocenters. The monoisotopic (exact) mass is 466 g/mol. The van der Waals surface area contributed by atoms with Crippen LogP contribution in [0, 0.1) is 0 Å². The highest BCUT2D eigenvalue weighted by Gasteiger charge is 2.24. The second kappa shape index (κ2) is 11.8. The van der Waals surface area contributed by atoms with E-state index in [0.717, 1.165) is 24.2 Å². The molecule has 2 aromatic rings. The molecule has 0 fully saturated rings. The predicted octanol–water partition coefficient (Wildman–Crippen LogP) is 3.20. The van der Waals surface area contributed by atoms with Crippen LogP contribution in [0.1, 0.15) is 52.8 Å². The van der Waals surface area contributed by atoms with Crippen molar-refractivity contribution in [3.8, 4) is 0 Å². The van der Waals surface area contributed by atoms with E-state index in [1.165, 1.54) is 4.31 Å². The molecule has 8 nitrogen and oxygen atoms in total. The number of sulfonamides is 1. The number of aryl methyl sites for hydroxylation is 2. The lowest BCUT2D eigenvalue weighted by molar-refractivity contribution is -0.134. The lowest BCUT2D eigenvalue weighted by Crippen LogP contribution is -2.42. The largest absolute Gasteiger partial charge is 0.383 e. The van der Waals surface area contributed by atoms with Crippen LogP contribution >= 0.6 is 0 Å². The number of benzene rings is 1. The molecule has 0 aliphatic rings. The highest BCUT2D eigenvalue weighted by atomic mass is 32.2. The minimum atomic E-state index is -3.55. The van der Waals surface area contributed by atoms with Crippen LogP contribution in [0.2, 0.25) is 0 Å². The molecule has 0 saturated carbocycles. The third kappa shape index (κ3) is 5.68. The third-order valence-corrected chi connectivity index (χ3v) is 8.14. The van der Waals surface area contributed by atoms with Crippen molar-refractivity contribution in [3.05, 3.63) is 24.0 Å². The van der Waals surface area contributed by atoms with Crippen molar-refractivity contribution < 1.29 is 17.9 Å². The first kappa shape index (κ1) is 26.3. The van der Waals surface area contributed by atoms with Gasteiger partial charge in [0.15, 0.2) is 0 Å². The van der Waals surface area contributed by atoms with E-state index >= 15 is 0 Å². The smallest absolute Gasteiger partial charge is 0.243 e. The Morgan fingerprint density at radius 2 is 1.81 bits per heavy atom. The summed E-state index contributed by atoms with van der Waals surface area (Å²) in [6, 6.07) is 5.25. The highest BCUT2D eigenvalue weighted by molar-refractivity contribution is 7.89. The zero-order chi connectivity index (χ0) is 23.9. The summed E-state index contributed by atoms with van der Waals surface area (Å²) in [6.07, 6.45) is 2.65. The van der Waals surface area contributed by atoms with Gasteiger partial charge in [-0.25, -0.2) is 13.4 Å². The lowest BCUT2D eigenvalue weighted by Gasteiger charge is -2.30. The molecular formula is C23H38N4O4S. The number of rotatable bonds is 13. The number of nitrogens with zero attached hydrogens (tertiary/aromatic N) is 4. The summed E-state index contributed by atoms with van der Waals surface area (Å²) in [7, 11) is -0.00343. The SMILES string of the molecule is CCC(CC)N(CCOC)C(=O)CCc1nc2cc(S(=O)(=O)N(CC)CC)ccc2n1C. The van der Waals surface area contributed by atoms with Crippen molar-refractivity contribution in [2.24, 2.45) is 7.05 Å². The molecule has 0 bridgehead atoms. The van der Waals surface area contributed by atoms with Crippen LogP contribution in [-0.2, 0) is 33.0 Å². The van der Waals surface area contributed by atoms with Crippen molar-refractivity contribution in [3.63, 3.8) is 0 Å². The fraction of sp³-hybridized carbons (Fsp3) is 0.652. The second-order valence-corrected chi connectivity index (χ2v) is 9.82. The first-order valence-corrected chi connectivity index (χ1v) is 12.9. The standard InChI is InChI=1S/C23H38N4O4S/c1-7-18(8-2)27(15-16-31-6)23(28)14-13-22-24-20-17-19(11-12-21(20)25(22)5)32(29,30)26(9-3)10-4/h11-12,17-18H,7-10,13-16H2,1-6H3. The van der Waals surface area contributed by atoms with E-state index in [9.17, 15) is 13.2 Å². The average Bonchev–Trinajstić information content (AvgIpc) is 3.10. The predicted molar refractivity (Wildman–Crippen MR) is 127 cm³/mol. The number of aromatic nitrogens is 2. The molecule has 180 valence electrons.